The van der Waals surface area contributed by atoms with Crippen LogP contribution in [0.25, 0.3) is 11.1 Å². The number of hydrogen-bond acceptors (Lipinski definition) is 0. The van der Waals surface area contributed by atoms with Gasteiger partial charge in [0.2, 0.25) is 0 Å². The first-order chi connectivity index (χ1) is 9.98. The van der Waals surface area contributed by atoms with Gasteiger partial charge in [0.1, 0.15) is 0 Å². The van der Waals surface area contributed by atoms with Gasteiger partial charge in [-0.3, -0.25) is 0 Å². The molecular weight excluding hydrogens is 489 g/mol. The van der Waals surface area contributed by atoms with Gasteiger partial charge >= 0.3 is 12.4 Å². The molecule has 2 rings (SSSR count). The van der Waals surface area contributed by atoms with Crippen molar-refractivity contribution in [3.63, 3.8) is 0 Å². The predicted molar refractivity (Wildman–Crippen MR) is 82.3 cm³/mol. The summed E-state index contributed by atoms with van der Waals surface area (Å²) in [4.78, 5) is 0. The summed E-state index contributed by atoms with van der Waals surface area (Å²) in [6.45, 7) is 0. The van der Waals surface area contributed by atoms with Crippen molar-refractivity contribution >= 4 is 38.5 Å². The number of rotatable bonds is 1. The highest BCUT2D eigenvalue weighted by atomic mass is 127. The summed E-state index contributed by atoms with van der Waals surface area (Å²) in [7, 11) is 0. The van der Waals surface area contributed by atoms with Crippen LogP contribution in [0, 0.1) is 3.57 Å². The fraction of sp³-hybridized carbons (Fsp3) is 0.143. The fourth-order valence-electron chi connectivity index (χ4n) is 1.80. The van der Waals surface area contributed by atoms with Crippen LogP contribution >= 0.6 is 38.5 Å². The van der Waals surface area contributed by atoms with Gasteiger partial charge in [0.15, 0.2) is 0 Å². The summed E-state index contributed by atoms with van der Waals surface area (Å²) in [6, 6.07) is 6.10. The van der Waals surface area contributed by atoms with Crippen molar-refractivity contribution in [1.29, 1.82) is 0 Å². The maximum atomic E-state index is 12.8. The Kier molecular flexibility index (Phi) is 4.82. The third-order valence-corrected chi connectivity index (χ3v) is 5.18. The van der Waals surface area contributed by atoms with Crippen LogP contribution in [0.1, 0.15) is 11.1 Å². The van der Waals surface area contributed by atoms with Crippen molar-refractivity contribution < 1.29 is 26.3 Å². The minimum atomic E-state index is -4.85. The second-order valence-corrected chi connectivity index (χ2v) is 6.44. The molecule has 0 N–H and O–H groups in total. The van der Waals surface area contributed by atoms with Crippen molar-refractivity contribution in [3.05, 3.63) is 55.6 Å². The molecule has 0 radical (unpaired) electrons. The zero-order valence-corrected chi connectivity index (χ0v) is 14.2. The molecule has 22 heavy (non-hydrogen) atoms. The summed E-state index contributed by atoms with van der Waals surface area (Å²) >= 11 is 5.20. The van der Waals surface area contributed by atoms with E-state index in [0.29, 0.717) is 16.6 Å². The Hall–Kier alpha value is -0.770. The minimum Gasteiger partial charge on any atom is -0.166 e. The molecule has 118 valence electrons. The SMILES string of the molecule is FC(F)(F)c1cc(-c2ccc(I)c(Br)c2)cc(C(F)(F)F)c1. The van der Waals surface area contributed by atoms with Crippen LogP contribution in [0.5, 0.6) is 0 Å². The maximum absolute atomic E-state index is 12.8. The molecule has 2 aromatic carbocycles. The lowest BCUT2D eigenvalue weighted by atomic mass is 9.99. The van der Waals surface area contributed by atoms with Crippen molar-refractivity contribution in [2.24, 2.45) is 0 Å². The van der Waals surface area contributed by atoms with E-state index in [4.69, 9.17) is 0 Å². The highest BCUT2D eigenvalue weighted by Gasteiger charge is 2.37. The van der Waals surface area contributed by atoms with Crippen LogP contribution < -0.4 is 0 Å². The molecule has 2 aromatic rings. The van der Waals surface area contributed by atoms with Gasteiger partial charge in [-0.2, -0.15) is 26.3 Å². The van der Waals surface area contributed by atoms with Crippen LogP contribution in [0.4, 0.5) is 26.3 Å². The molecule has 0 aromatic heterocycles. The van der Waals surface area contributed by atoms with E-state index in [9.17, 15) is 26.3 Å². The van der Waals surface area contributed by atoms with Gasteiger partial charge in [0.05, 0.1) is 11.1 Å². The Bertz CT molecular complexity index is 673. The molecule has 0 nitrogen and oxygen atoms in total. The topological polar surface area (TPSA) is 0 Å². The van der Waals surface area contributed by atoms with E-state index in [1.165, 1.54) is 12.1 Å². The Balaban J connectivity index is 2.67. The average Bonchev–Trinajstić information content (AvgIpc) is 2.39. The Morgan fingerprint density at radius 3 is 1.64 bits per heavy atom. The summed E-state index contributed by atoms with van der Waals surface area (Å²) in [5.41, 5.74) is -2.53. The van der Waals surface area contributed by atoms with Gasteiger partial charge in [-0.05, 0) is 80.0 Å². The lowest BCUT2D eigenvalue weighted by Gasteiger charge is -2.14. The van der Waals surface area contributed by atoms with Crippen LogP contribution in [-0.4, -0.2) is 0 Å². The molecule has 8 heteroatoms. The molecule has 0 heterocycles. The normalized spacial score (nSPS) is 12.5. The number of halogens is 8. The second-order valence-electron chi connectivity index (χ2n) is 4.42. The molecule has 0 saturated carbocycles. The van der Waals surface area contributed by atoms with E-state index in [1.807, 2.05) is 22.6 Å². The first-order valence-electron chi connectivity index (χ1n) is 5.73. The van der Waals surface area contributed by atoms with Gasteiger partial charge in [0.25, 0.3) is 0 Å². The van der Waals surface area contributed by atoms with E-state index in [2.05, 4.69) is 15.9 Å². The molecule has 0 atom stereocenters. The first kappa shape index (κ1) is 17.6. The summed E-state index contributed by atoms with van der Waals surface area (Å²) in [5.74, 6) is 0. The van der Waals surface area contributed by atoms with Gasteiger partial charge in [0, 0.05) is 8.04 Å². The molecule has 0 fully saturated rings. The van der Waals surface area contributed by atoms with Crippen LogP contribution in [-0.2, 0) is 12.4 Å². The van der Waals surface area contributed by atoms with Gasteiger partial charge < -0.3 is 0 Å². The number of alkyl halides is 6. The molecule has 0 bridgehead atoms. The smallest absolute Gasteiger partial charge is 0.166 e. The van der Waals surface area contributed by atoms with Crippen molar-refractivity contribution in [2.75, 3.05) is 0 Å². The minimum absolute atomic E-state index is 0.116. The summed E-state index contributed by atoms with van der Waals surface area (Å²) < 4.78 is 78.3. The molecule has 0 aliphatic rings. The Morgan fingerprint density at radius 2 is 1.23 bits per heavy atom. The zero-order chi connectivity index (χ0) is 16.7. The van der Waals surface area contributed by atoms with E-state index in [0.717, 1.165) is 3.57 Å². The largest absolute Gasteiger partial charge is 0.416 e. The van der Waals surface area contributed by atoms with Gasteiger partial charge in [-0.15, -0.1) is 0 Å². The summed E-state index contributed by atoms with van der Waals surface area (Å²) in [5, 5.41) is 0. The average molecular weight is 495 g/mol. The van der Waals surface area contributed by atoms with E-state index in [1.54, 1.807) is 6.07 Å². The lowest BCUT2D eigenvalue weighted by Crippen LogP contribution is -2.11. The van der Waals surface area contributed by atoms with Crippen molar-refractivity contribution in [2.45, 2.75) is 12.4 Å². The van der Waals surface area contributed by atoms with Gasteiger partial charge in [-0.1, -0.05) is 6.07 Å². The number of benzene rings is 2. The maximum Gasteiger partial charge on any atom is 0.416 e. The molecule has 0 aliphatic carbocycles. The van der Waals surface area contributed by atoms with E-state index >= 15 is 0 Å². The fourth-order valence-corrected chi connectivity index (χ4v) is 2.51. The molecular formula is C14H6BrF6I. The Labute approximate surface area is 143 Å². The third-order valence-electron chi connectivity index (χ3n) is 2.84. The quantitative estimate of drug-likeness (QED) is 0.303. The van der Waals surface area contributed by atoms with Crippen molar-refractivity contribution in [3.8, 4) is 11.1 Å². The molecule has 0 saturated heterocycles. The molecule has 0 spiro atoms. The second kappa shape index (κ2) is 6.03. The van der Waals surface area contributed by atoms with Crippen LogP contribution in [0.15, 0.2) is 40.9 Å². The van der Waals surface area contributed by atoms with Gasteiger partial charge in [-0.25, -0.2) is 0 Å². The summed E-state index contributed by atoms with van der Waals surface area (Å²) in [6.07, 6.45) is -9.70. The highest BCUT2D eigenvalue weighted by Crippen LogP contribution is 2.39. The highest BCUT2D eigenvalue weighted by molar-refractivity contribution is 14.1. The van der Waals surface area contributed by atoms with Crippen LogP contribution in [0.3, 0.4) is 0 Å². The predicted octanol–water partition coefficient (Wildman–Crippen LogP) is 6.76. The van der Waals surface area contributed by atoms with Crippen LogP contribution in [0.2, 0.25) is 0 Å². The molecule has 0 unspecified atom stereocenters. The zero-order valence-electron chi connectivity index (χ0n) is 10.5. The third kappa shape index (κ3) is 3.95. The molecule has 0 aliphatic heterocycles. The standard InChI is InChI=1S/C14H6BrF6I/c15-11-5-7(1-2-12(11)22)8-3-9(13(16,17)18)6-10(4-8)14(19,20)21/h1-6H. The lowest BCUT2D eigenvalue weighted by molar-refractivity contribution is -0.143. The molecule has 0 amide bonds. The van der Waals surface area contributed by atoms with E-state index in [-0.39, 0.29) is 17.2 Å². The van der Waals surface area contributed by atoms with Crippen molar-refractivity contribution in [1.82, 2.24) is 0 Å². The van der Waals surface area contributed by atoms with E-state index < -0.39 is 23.5 Å². The monoisotopic (exact) mass is 494 g/mol. The Morgan fingerprint density at radius 1 is 0.727 bits per heavy atom. The first-order valence-corrected chi connectivity index (χ1v) is 7.60. The number of hydrogen-bond donors (Lipinski definition) is 0.